The van der Waals surface area contributed by atoms with Crippen molar-refractivity contribution < 1.29 is 4.79 Å². The van der Waals surface area contributed by atoms with Crippen molar-refractivity contribution in [3.8, 4) is 0 Å². The van der Waals surface area contributed by atoms with E-state index in [9.17, 15) is 4.79 Å². The van der Waals surface area contributed by atoms with Gasteiger partial charge in [0.1, 0.15) is 0 Å². The van der Waals surface area contributed by atoms with E-state index < -0.39 is 0 Å². The van der Waals surface area contributed by atoms with Crippen LogP contribution in [0, 0.1) is 11.8 Å². The molecule has 3 rings (SSSR count). The fourth-order valence-electron chi connectivity index (χ4n) is 4.21. The highest BCUT2D eigenvalue weighted by atomic mass is 16.2. The molecule has 4 heteroatoms. The number of carbonyl (C=O) groups excluding carboxylic acids is 1. The van der Waals surface area contributed by atoms with Crippen molar-refractivity contribution in [3.05, 3.63) is 35.9 Å². The number of nitrogens with one attached hydrogen (secondary N) is 1. The van der Waals surface area contributed by atoms with Gasteiger partial charge in [-0.3, -0.25) is 9.69 Å². The maximum atomic E-state index is 13.0. The first-order valence-corrected chi connectivity index (χ1v) is 10.0. The second-order valence-electron chi connectivity index (χ2n) is 7.64. The lowest BCUT2D eigenvalue weighted by molar-refractivity contribution is -0.138. The predicted octanol–water partition coefficient (Wildman–Crippen LogP) is 2.75. The smallest absolute Gasteiger partial charge is 0.226 e. The Balaban J connectivity index is 1.47. The summed E-state index contributed by atoms with van der Waals surface area (Å²) in [5, 5.41) is 3.44. The van der Waals surface area contributed by atoms with Gasteiger partial charge in [0.05, 0.1) is 5.92 Å². The SMILES string of the molecule is CCNCC1CCN(C(=O)C2CCCN(Cc3ccccc3)C2)CC1. The maximum absolute atomic E-state index is 13.0. The highest BCUT2D eigenvalue weighted by Gasteiger charge is 2.31. The molecule has 1 amide bonds. The quantitative estimate of drug-likeness (QED) is 0.863. The van der Waals surface area contributed by atoms with Crippen molar-refractivity contribution in [2.45, 2.75) is 39.2 Å². The van der Waals surface area contributed by atoms with E-state index in [1.165, 1.54) is 5.56 Å². The minimum atomic E-state index is 0.197. The molecule has 25 heavy (non-hydrogen) atoms. The molecule has 2 fully saturated rings. The first-order chi connectivity index (χ1) is 12.3. The van der Waals surface area contributed by atoms with E-state index in [1.807, 2.05) is 0 Å². The molecule has 4 nitrogen and oxygen atoms in total. The Kier molecular flexibility index (Phi) is 6.88. The van der Waals surface area contributed by atoms with Crippen LogP contribution in [0.4, 0.5) is 0 Å². The highest BCUT2D eigenvalue weighted by molar-refractivity contribution is 5.79. The zero-order chi connectivity index (χ0) is 17.5. The van der Waals surface area contributed by atoms with Crippen molar-refractivity contribution >= 4 is 5.91 Å². The normalized spacial score (nSPS) is 22.9. The molecule has 2 saturated heterocycles. The van der Waals surface area contributed by atoms with Gasteiger partial charge in [-0.15, -0.1) is 0 Å². The Morgan fingerprint density at radius 3 is 2.60 bits per heavy atom. The lowest BCUT2D eigenvalue weighted by Crippen LogP contribution is -2.47. The predicted molar refractivity (Wildman–Crippen MR) is 102 cm³/mol. The molecule has 0 aromatic heterocycles. The van der Waals surface area contributed by atoms with E-state index in [0.29, 0.717) is 5.91 Å². The Morgan fingerprint density at radius 1 is 1.12 bits per heavy atom. The molecule has 2 aliphatic rings. The first-order valence-electron chi connectivity index (χ1n) is 10.0. The molecular formula is C21H33N3O. The molecule has 138 valence electrons. The van der Waals surface area contributed by atoms with Crippen LogP contribution in [0.15, 0.2) is 30.3 Å². The molecule has 2 heterocycles. The van der Waals surface area contributed by atoms with Crippen LogP contribution in [0.25, 0.3) is 0 Å². The summed E-state index contributed by atoms with van der Waals surface area (Å²) >= 11 is 0. The average Bonchev–Trinajstić information content (AvgIpc) is 2.67. The Hall–Kier alpha value is -1.39. The minimum absolute atomic E-state index is 0.197. The zero-order valence-corrected chi connectivity index (χ0v) is 15.6. The van der Waals surface area contributed by atoms with Gasteiger partial charge < -0.3 is 10.2 Å². The van der Waals surface area contributed by atoms with Crippen molar-refractivity contribution in [1.82, 2.24) is 15.1 Å². The summed E-state index contributed by atoms with van der Waals surface area (Å²) in [4.78, 5) is 17.6. The fraction of sp³-hybridized carbons (Fsp3) is 0.667. The van der Waals surface area contributed by atoms with E-state index in [0.717, 1.165) is 77.4 Å². The number of likely N-dealkylation sites (tertiary alicyclic amines) is 2. The highest BCUT2D eigenvalue weighted by Crippen LogP contribution is 2.24. The van der Waals surface area contributed by atoms with Gasteiger partial charge in [0.25, 0.3) is 0 Å². The standard InChI is InChI=1S/C21H33N3O/c1-2-22-15-18-10-13-24(14-11-18)21(25)20-9-6-12-23(17-20)16-19-7-4-3-5-8-19/h3-5,7-8,18,20,22H,2,6,9-17H2,1H3. The van der Waals surface area contributed by atoms with E-state index in [4.69, 9.17) is 0 Å². The van der Waals surface area contributed by atoms with Gasteiger partial charge in [-0.05, 0) is 56.8 Å². The molecule has 1 aromatic rings. The van der Waals surface area contributed by atoms with Gasteiger partial charge in [0.15, 0.2) is 0 Å². The zero-order valence-electron chi connectivity index (χ0n) is 15.6. The average molecular weight is 344 g/mol. The van der Waals surface area contributed by atoms with Crippen molar-refractivity contribution in [1.29, 1.82) is 0 Å². The van der Waals surface area contributed by atoms with Crippen molar-refractivity contribution in [2.24, 2.45) is 11.8 Å². The van der Waals surface area contributed by atoms with E-state index >= 15 is 0 Å². The molecule has 0 saturated carbocycles. The molecule has 1 N–H and O–H groups in total. The molecule has 0 aliphatic carbocycles. The Morgan fingerprint density at radius 2 is 1.88 bits per heavy atom. The summed E-state index contributed by atoms with van der Waals surface area (Å²) in [6.07, 6.45) is 4.50. The second-order valence-corrected chi connectivity index (χ2v) is 7.64. The summed E-state index contributed by atoms with van der Waals surface area (Å²) in [5.41, 5.74) is 1.35. The van der Waals surface area contributed by atoms with Crippen LogP contribution in [0.3, 0.4) is 0 Å². The molecule has 1 atom stereocenters. The van der Waals surface area contributed by atoms with Gasteiger partial charge in [-0.2, -0.15) is 0 Å². The molecule has 2 aliphatic heterocycles. The first kappa shape index (κ1) is 18.4. The molecule has 1 unspecified atom stereocenters. The van der Waals surface area contributed by atoms with Gasteiger partial charge in [-0.25, -0.2) is 0 Å². The monoisotopic (exact) mass is 343 g/mol. The molecule has 0 radical (unpaired) electrons. The lowest BCUT2D eigenvalue weighted by atomic mass is 9.92. The number of piperidine rings is 2. The fourth-order valence-corrected chi connectivity index (χ4v) is 4.21. The number of carbonyl (C=O) groups is 1. The van der Waals surface area contributed by atoms with E-state index in [2.05, 4.69) is 52.4 Å². The lowest BCUT2D eigenvalue weighted by Gasteiger charge is -2.38. The van der Waals surface area contributed by atoms with Gasteiger partial charge in [0, 0.05) is 26.2 Å². The molecule has 0 bridgehead atoms. The summed E-state index contributed by atoms with van der Waals surface area (Å²) in [5.74, 6) is 1.34. The van der Waals surface area contributed by atoms with Crippen LogP contribution in [0.1, 0.15) is 38.2 Å². The third-order valence-electron chi connectivity index (χ3n) is 5.71. The molecule has 0 spiro atoms. The maximum Gasteiger partial charge on any atom is 0.226 e. The third kappa shape index (κ3) is 5.29. The van der Waals surface area contributed by atoms with Gasteiger partial charge >= 0.3 is 0 Å². The third-order valence-corrected chi connectivity index (χ3v) is 5.71. The van der Waals surface area contributed by atoms with Crippen LogP contribution in [0.2, 0.25) is 0 Å². The molecular weight excluding hydrogens is 310 g/mol. The van der Waals surface area contributed by atoms with Gasteiger partial charge in [0.2, 0.25) is 5.91 Å². The number of hydrogen-bond acceptors (Lipinski definition) is 3. The largest absolute Gasteiger partial charge is 0.342 e. The topological polar surface area (TPSA) is 35.6 Å². The van der Waals surface area contributed by atoms with Crippen LogP contribution < -0.4 is 5.32 Å². The van der Waals surface area contributed by atoms with E-state index in [-0.39, 0.29) is 5.92 Å². The summed E-state index contributed by atoms with van der Waals surface area (Å²) in [6.45, 7) is 9.20. The van der Waals surface area contributed by atoms with Crippen LogP contribution in [-0.4, -0.2) is 55.0 Å². The molecule has 1 aromatic carbocycles. The minimum Gasteiger partial charge on any atom is -0.342 e. The summed E-state index contributed by atoms with van der Waals surface area (Å²) < 4.78 is 0. The summed E-state index contributed by atoms with van der Waals surface area (Å²) in [6, 6.07) is 10.6. The van der Waals surface area contributed by atoms with Crippen LogP contribution >= 0.6 is 0 Å². The number of hydrogen-bond donors (Lipinski definition) is 1. The van der Waals surface area contributed by atoms with Crippen LogP contribution in [-0.2, 0) is 11.3 Å². The Labute approximate surface area is 152 Å². The van der Waals surface area contributed by atoms with Crippen molar-refractivity contribution in [2.75, 3.05) is 39.3 Å². The number of benzene rings is 1. The summed E-state index contributed by atoms with van der Waals surface area (Å²) in [7, 11) is 0. The van der Waals surface area contributed by atoms with Crippen molar-refractivity contribution in [3.63, 3.8) is 0 Å². The number of amides is 1. The van der Waals surface area contributed by atoms with Crippen LogP contribution in [0.5, 0.6) is 0 Å². The van der Waals surface area contributed by atoms with E-state index in [1.54, 1.807) is 0 Å². The number of rotatable bonds is 6. The number of nitrogens with zero attached hydrogens (tertiary/aromatic N) is 2. The second kappa shape index (κ2) is 9.35. The van der Waals surface area contributed by atoms with Gasteiger partial charge in [-0.1, -0.05) is 37.3 Å². The Bertz CT molecular complexity index is 525.